The highest BCUT2D eigenvalue weighted by Gasteiger charge is 2.20. The lowest BCUT2D eigenvalue weighted by Gasteiger charge is -1.98. The van der Waals surface area contributed by atoms with Gasteiger partial charge in [0, 0.05) is 11.6 Å². The van der Waals surface area contributed by atoms with Gasteiger partial charge in [0.1, 0.15) is 5.76 Å². The standard InChI is InChI=1S/C19H11N5O3S/c25-24(26)14-9-5-4-8-13(14)15-10-11-16(27-15)18-22-23-17(20-21-19(23)28-18)12-6-2-1-3-7-12/h1-11H. The van der Waals surface area contributed by atoms with Crippen molar-refractivity contribution in [2.45, 2.75) is 0 Å². The van der Waals surface area contributed by atoms with E-state index in [0.29, 0.717) is 32.9 Å². The molecule has 0 spiro atoms. The van der Waals surface area contributed by atoms with Crippen LogP contribution in [-0.4, -0.2) is 24.7 Å². The molecule has 28 heavy (non-hydrogen) atoms. The Labute approximate surface area is 161 Å². The number of nitrogens with zero attached hydrogens (tertiary/aromatic N) is 5. The highest BCUT2D eigenvalue weighted by molar-refractivity contribution is 7.19. The fourth-order valence-corrected chi connectivity index (χ4v) is 3.72. The second kappa shape index (κ2) is 6.39. The van der Waals surface area contributed by atoms with Gasteiger partial charge in [-0.2, -0.15) is 4.52 Å². The zero-order valence-corrected chi connectivity index (χ0v) is 15.0. The Morgan fingerprint density at radius 3 is 2.50 bits per heavy atom. The maximum Gasteiger partial charge on any atom is 0.280 e. The lowest BCUT2D eigenvalue weighted by molar-refractivity contribution is -0.384. The average Bonchev–Trinajstić information content (AvgIpc) is 3.44. The molecule has 2 aromatic carbocycles. The number of benzene rings is 2. The molecule has 0 saturated heterocycles. The van der Waals surface area contributed by atoms with Crippen LogP contribution in [0.2, 0.25) is 0 Å². The molecule has 0 fully saturated rings. The molecule has 9 heteroatoms. The molecule has 0 bridgehead atoms. The van der Waals surface area contributed by atoms with Gasteiger partial charge in [-0.15, -0.1) is 15.3 Å². The lowest BCUT2D eigenvalue weighted by Crippen LogP contribution is -1.90. The van der Waals surface area contributed by atoms with Gasteiger partial charge in [0.25, 0.3) is 5.69 Å². The number of hydrogen-bond donors (Lipinski definition) is 0. The van der Waals surface area contributed by atoms with Crippen molar-refractivity contribution in [1.29, 1.82) is 0 Å². The van der Waals surface area contributed by atoms with Crippen LogP contribution in [0.15, 0.2) is 71.1 Å². The topological polar surface area (TPSA) is 99.4 Å². The molecule has 8 nitrogen and oxygen atoms in total. The van der Waals surface area contributed by atoms with Crippen LogP contribution in [-0.2, 0) is 0 Å². The van der Waals surface area contributed by atoms with Crippen molar-refractivity contribution in [1.82, 2.24) is 19.8 Å². The van der Waals surface area contributed by atoms with Crippen LogP contribution in [0, 0.1) is 10.1 Å². The van der Waals surface area contributed by atoms with Crippen LogP contribution in [0.5, 0.6) is 0 Å². The van der Waals surface area contributed by atoms with E-state index in [1.54, 1.807) is 34.8 Å². The Morgan fingerprint density at radius 1 is 0.929 bits per heavy atom. The fourth-order valence-electron chi connectivity index (χ4n) is 2.92. The van der Waals surface area contributed by atoms with Crippen LogP contribution < -0.4 is 0 Å². The van der Waals surface area contributed by atoms with Crippen LogP contribution in [0.3, 0.4) is 0 Å². The van der Waals surface area contributed by atoms with Crippen molar-refractivity contribution in [3.63, 3.8) is 0 Å². The quantitative estimate of drug-likeness (QED) is 0.327. The molecule has 0 amide bonds. The van der Waals surface area contributed by atoms with E-state index in [1.165, 1.54) is 17.4 Å². The first-order valence-corrected chi connectivity index (χ1v) is 9.14. The lowest BCUT2D eigenvalue weighted by atomic mass is 10.1. The van der Waals surface area contributed by atoms with Crippen LogP contribution >= 0.6 is 11.3 Å². The molecule has 0 unspecified atom stereocenters. The minimum absolute atomic E-state index is 0.00657. The van der Waals surface area contributed by atoms with Gasteiger partial charge >= 0.3 is 0 Å². The Kier molecular flexibility index (Phi) is 3.73. The second-order valence-electron chi connectivity index (χ2n) is 5.93. The van der Waals surface area contributed by atoms with E-state index in [-0.39, 0.29) is 5.69 Å². The number of nitro benzene ring substituents is 1. The summed E-state index contributed by atoms with van der Waals surface area (Å²) in [6.45, 7) is 0. The van der Waals surface area contributed by atoms with Gasteiger partial charge in [-0.05, 0) is 18.2 Å². The van der Waals surface area contributed by atoms with Crippen molar-refractivity contribution >= 4 is 22.0 Å². The molecular weight excluding hydrogens is 378 g/mol. The third kappa shape index (κ3) is 2.65. The third-order valence-electron chi connectivity index (χ3n) is 4.21. The minimum Gasteiger partial charge on any atom is -0.453 e. The van der Waals surface area contributed by atoms with E-state index in [2.05, 4.69) is 15.3 Å². The molecule has 0 saturated carbocycles. The molecule has 0 aliphatic carbocycles. The van der Waals surface area contributed by atoms with Gasteiger partial charge in [0.2, 0.25) is 4.96 Å². The molecule has 0 N–H and O–H groups in total. The van der Waals surface area contributed by atoms with E-state index in [4.69, 9.17) is 4.42 Å². The second-order valence-corrected chi connectivity index (χ2v) is 6.89. The predicted octanol–water partition coefficient (Wildman–Crippen LogP) is 4.69. The number of rotatable bonds is 4. The molecule has 0 radical (unpaired) electrons. The molecule has 3 heterocycles. The maximum atomic E-state index is 11.3. The van der Waals surface area contributed by atoms with Crippen molar-refractivity contribution in [2.24, 2.45) is 0 Å². The molecule has 0 atom stereocenters. The predicted molar refractivity (Wildman–Crippen MR) is 104 cm³/mol. The molecule has 0 aliphatic heterocycles. The van der Waals surface area contributed by atoms with E-state index in [9.17, 15) is 10.1 Å². The van der Waals surface area contributed by atoms with E-state index in [1.807, 2.05) is 30.3 Å². The summed E-state index contributed by atoms with van der Waals surface area (Å²) in [7, 11) is 0. The smallest absolute Gasteiger partial charge is 0.280 e. The Balaban J connectivity index is 1.56. The monoisotopic (exact) mass is 389 g/mol. The molecular formula is C19H11N5O3S. The minimum atomic E-state index is -0.424. The van der Waals surface area contributed by atoms with Crippen molar-refractivity contribution in [3.8, 4) is 33.5 Å². The summed E-state index contributed by atoms with van der Waals surface area (Å²) in [6.07, 6.45) is 0. The summed E-state index contributed by atoms with van der Waals surface area (Å²) in [5.74, 6) is 1.57. The summed E-state index contributed by atoms with van der Waals surface area (Å²) >= 11 is 1.34. The van der Waals surface area contributed by atoms with Gasteiger partial charge in [0.15, 0.2) is 16.6 Å². The summed E-state index contributed by atoms with van der Waals surface area (Å²) in [6, 6.07) is 19.6. The van der Waals surface area contributed by atoms with Crippen molar-refractivity contribution in [3.05, 3.63) is 76.8 Å². The largest absolute Gasteiger partial charge is 0.453 e. The normalized spacial score (nSPS) is 11.1. The molecule has 5 rings (SSSR count). The van der Waals surface area contributed by atoms with Crippen LogP contribution in [0.1, 0.15) is 0 Å². The van der Waals surface area contributed by atoms with Gasteiger partial charge in [0.05, 0.1) is 10.5 Å². The van der Waals surface area contributed by atoms with Gasteiger partial charge < -0.3 is 4.42 Å². The van der Waals surface area contributed by atoms with Crippen LogP contribution in [0.4, 0.5) is 5.69 Å². The van der Waals surface area contributed by atoms with Crippen molar-refractivity contribution < 1.29 is 9.34 Å². The first kappa shape index (κ1) is 16.3. The summed E-state index contributed by atoms with van der Waals surface area (Å²) in [4.78, 5) is 11.5. The van der Waals surface area contributed by atoms with Gasteiger partial charge in [-0.1, -0.05) is 53.8 Å². The number of furan rings is 1. The molecule has 0 aliphatic rings. The SMILES string of the molecule is O=[N+]([O-])c1ccccc1-c1ccc(-c2nn3c(-c4ccccc4)nnc3s2)o1. The molecule has 5 aromatic rings. The van der Waals surface area contributed by atoms with Crippen molar-refractivity contribution in [2.75, 3.05) is 0 Å². The number of para-hydroxylation sites is 1. The first-order valence-electron chi connectivity index (χ1n) is 8.32. The average molecular weight is 389 g/mol. The Hall–Kier alpha value is -3.85. The first-order chi connectivity index (χ1) is 13.7. The van der Waals surface area contributed by atoms with Gasteiger partial charge in [-0.3, -0.25) is 10.1 Å². The fraction of sp³-hybridized carbons (Fsp3) is 0. The number of hydrogen-bond acceptors (Lipinski definition) is 7. The maximum absolute atomic E-state index is 11.3. The summed E-state index contributed by atoms with van der Waals surface area (Å²) in [5, 5.41) is 24.8. The Bertz CT molecular complexity index is 1310. The molecule has 136 valence electrons. The van der Waals surface area contributed by atoms with E-state index >= 15 is 0 Å². The highest BCUT2D eigenvalue weighted by Crippen LogP contribution is 2.35. The summed E-state index contributed by atoms with van der Waals surface area (Å²) < 4.78 is 7.54. The van der Waals surface area contributed by atoms with Crippen LogP contribution in [0.25, 0.3) is 38.4 Å². The van der Waals surface area contributed by atoms with Gasteiger partial charge in [-0.25, -0.2) is 0 Å². The highest BCUT2D eigenvalue weighted by atomic mass is 32.1. The van der Waals surface area contributed by atoms with E-state index < -0.39 is 4.92 Å². The number of nitro groups is 1. The molecule has 3 aromatic heterocycles. The zero-order chi connectivity index (χ0) is 19.1. The third-order valence-corrected chi connectivity index (χ3v) is 5.12. The Morgan fingerprint density at radius 2 is 1.68 bits per heavy atom. The number of aromatic nitrogens is 4. The summed E-state index contributed by atoms with van der Waals surface area (Å²) in [5.41, 5.74) is 1.33. The van der Waals surface area contributed by atoms with E-state index in [0.717, 1.165) is 5.56 Å². The zero-order valence-electron chi connectivity index (χ0n) is 14.2. The number of fused-ring (bicyclic) bond motifs is 1.